The molecule has 0 fully saturated rings. The summed E-state index contributed by atoms with van der Waals surface area (Å²) in [5, 5.41) is 0. The first-order valence-corrected chi connectivity index (χ1v) is 7.64. The lowest BCUT2D eigenvalue weighted by atomic mass is 10.2. The van der Waals surface area contributed by atoms with Gasteiger partial charge in [0.2, 0.25) is 0 Å². The first-order valence-electron chi connectivity index (χ1n) is 7.64. The van der Waals surface area contributed by atoms with Gasteiger partial charge in [-0.05, 0) is 48.0 Å². The Labute approximate surface area is 138 Å². The van der Waals surface area contributed by atoms with Crippen LogP contribution in [0.3, 0.4) is 0 Å². The normalized spacial score (nSPS) is 11.4. The van der Waals surface area contributed by atoms with Crippen molar-refractivity contribution >= 4 is 23.2 Å². The Morgan fingerprint density at radius 3 is 2.58 bits per heavy atom. The topological polar surface area (TPSA) is 30.7 Å². The van der Waals surface area contributed by atoms with E-state index >= 15 is 0 Å². The molecule has 0 aliphatic heterocycles. The second-order valence-corrected chi connectivity index (χ2v) is 5.37. The van der Waals surface area contributed by atoms with Gasteiger partial charge in [-0.2, -0.15) is 0 Å². The van der Waals surface area contributed by atoms with E-state index in [1.54, 1.807) is 12.3 Å². The molecular weight excluding hydrogens is 301 g/mol. The number of halogens is 1. The van der Waals surface area contributed by atoms with Crippen molar-refractivity contribution in [3.63, 3.8) is 0 Å². The second kappa shape index (κ2) is 6.08. The van der Waals surface area contributed by atoms with Gasteiger partial charge in [0.25, 0.3) is 0 Å². The molecule has 116 valence electrons. The molecule has 0 spiro atoms. The van der Waals surface area contributed by atoms with Gasteiger partial charge in [-0.1, -0.05) is 36.4 Å². The Morgan fingerprint density at radius 1 is 0.875 bits per heavy atom. The van der Waals surface area contributed by atoms with Gasteiger partial charge in [-0.3, -0.25) is 4.57 Å². The fraction of sp³-hybridized carbons (Fsp3) is 0. The first kappa shape index (κ1) is 14.3. The maximum Gasteiger partial charge on any atom is 0.139 e. The molecule has 0 atom stereocenters. The Hall–Kier alpha value is -3.27. The van der Waals surface area contributed by atoms with Crippen molar-refractivity contribution in [3.05, 3.63) is 90.1 Å². The van der Waals surface area contributed by atoms with Crippen molar-refractivity contribution in [1.29, 1.82) is 0 Å². The van der Waals surface area contributed by atoms with Gasteiger partial charge >= 0.3 is 0 Å². The molecule has 3 nitrogen and oxygen atoms in total. The van der Waals surface area contributed by atoms with Crippen molar-refractivity contribution in [3.8, 4) is 5.82 Å². The summed E-state index contributed by atoms with van der Waals surface area (Å²) in [6.45, 7) is 0. The fourth-order valence-electron chi connectivity index (χ4n) is 2.66. The highest BCUT2D eigenvalue weighted by molar-refractivity contribution is 5.81. The van der Waals surface area contributed by atoms with Gasteiger partial charge in [-0.25, -0.2) is 14.4 Å². The molecule has 0 unspecified atom stereocenters. The van der Waals surface area contributed by atoms with Crippen LogP contribution in [0, 0.1) is 5.82 Å². The Morgan fingerprint density at radius 2 is 1.75 bits per heavy atom. The molecule has 2 heterocycles. The number of benzene rings is 2. The monoisotopic (exact) mass is 315 g/mol. The van der Waals surface area contributed by atoms with E-state index < -0.39 is 0 Å². The van der Waals surface area contributed by atoms with Gasteiger partial charge in [-0.15, -0.1) is 0 Å². The van der Waals surface area contributed by atoms with Crippen LogP contribution in [-0.2, 0) is 0 Å². The summed E-state index contributed by atoms with van der Waals surface area (Å²) in [5.74, 6) is 1.29. The van der Waals surface area contributed by atoms with E-state index in [0.29, 0.717) is 0 Å². The molecule has 0 radical (unpaired) electrons. The highest BCUT2D eigenvalue weighted by Crippen LogP contribution is 2.21. The zero-order valence-corrected chi connectivity index (χ0v) is 12.8. The largest absolute Gasteiger partial charge is 0.277 e. The van der Waals surface area contributed by atoms with Crippen molar-refractivity contribution in [2.24, 2.45) is 0 Å². The minimum absolute atomic E-state index is 0.254. The van der Waals surface area contributed by atoms with Crippen LogP contribution in [0.25, 0.3) is 29.0 Å². The lowest BCUT2D eigenvalue weighted by Crippen LogP contribution is -1.99. The standard InChI is InChI=1S/C20H14FN3/c21-16-7-5-6-15(14-16)11-12-20-23-17-8-1-2-9-18(17)24(20)19-10-3-4-13-22-19/h1-14H. The number of hydrogen-bond donors (Lipinski definition) is 0. The number of imidazole rings is 1. The number of para-hydroxylation sites is 2. The van der Waals surface area contributed by atoms with Crippen molar-refractivity contribution in [1.82, 2.24) is 14.5 Å². The van der Waals surface area contributed by atoms with E-state index in [9.17, 15) is 4.39 Å². The average molecular weight is 315 g/mol. The molecule has 0 aliphatic carbocycles. The van der Waals surface area contributed by atoms with Crippen LogP contribution in [0.2, 0.25) is 0 Å². The molecule has 4 heteroatoms. The minimum atomic E-state index is -0.254. The quantitative estimate of drug-likeness (QED) is 0.547. The van der Waals surface area contributed by atoms with E-state index in [1.165, 1.54) is 12.1 Å². The van der Waals surface area contributed by atoms with E-state index in [2.05, 4.69) is 9.97 Å². The smallest absolute Gasteiger partial charge is 0.139 e. The average Bonchev–Trinajstić information content (AvgIpc) is 2.99. The number of hydrogen-bond acceptors (Lipinski definition) is 2. The van der Waals surface area contributed by atoms with Crippen molar-refractivity contribution in [2.45, 2.75) is 0 Å². The van der Waals surface area contributed by atoms with Gasteiger partial charge in [0.15, 0.2) is 0 Å². The Kier molecular flexibility index (Phi) is 3.63. The van der Waals surface area contributed by atoms with Crippen LogP contribution in [0.4, 0.5) is 4.39 Å². The highest BCUT2D eigenvalue weighted by Gasteiger charge is 2.10. The van der Waals surface area contributed by atoms with Gasteiger partial charge in [0.05, 0.1) is 11.0 Å². The molecule has 0 bridgehead atoms. The molecule has 0 N–H and O–H groups in total. The first-order chi connectivity index (χ1) is 11.8. The summed E-state index contributed by atoms with van der Waals surface area (Å²) < 4.78 is 15.3. The third kappa shape index (κ3) is 2.70. The Balaban J connectivity index is 1.86. The number of aromatic nitrogens is 3. The predicted molar refractivity (Wildman–Crippen MR) is 94.2 cm³/mol. The molecule has 2 aromatic carbocycles. The van der Waals surface area contributed by atoms with Crippen LogP contribution in [-0.4, -0.2) is 14.5 Å². The summed E-state index contributed by atoms with van der Waals surface area (Å²) in [6, 6.07) is 20.1. The molecule has 0 aliphatic rings. The van der Waals surface area contributed by atoms with Gasteiger partial charge in [0.1, 0.15) is 17.5 Å². The second-order valence-electron chi connectivity index (χ2n) is 5.37. The van der Waals surface area contributed by atoms with Crippen molar-refractivity contribution < 1.29 is 4.39 Å². The van der Waals surface area contributed by atoms with Crippen LogP contribution < -0.4 is 0 Å². The summed E-state index contributed by atoms with van der Waals surface area (Å²) in [7, 11) is 0. The molecular formula is C20H14FN3. The third-order valence-electron chi connectivity index (χ3n) is 3.74. The third-order valence-corrected chi connectivity index (χ3v) is 3.74. The van der Waals surface area contributed by atoms with E-state index in [1.807, 2.05) is 65.3 Å². The SMILES string of the molecule is Fc1cccc(C=Cc2nc3ccccc3n2-c2ccccn2)c1. The summed E-state index contributed by atoms with van der Waals surface area (Å²) in [4.78, 5) is 9.10. The van der Waals surface area contributed by atoms with E-state index in [4.69, 9.17) is 0 Å². The molecule has 4 aromatic rings. The van der Waals surface area contributed by atoms with Crippen LogP contribution in [0.15, 0.2) is 72.9 Å². The van der Waals surface area contributed by atoms with Crippen LogP contribution in [0.1, 0.15) is 11.4 Å². The maximum absolute atomic E-state index is 13.3. The molecule has 0 saturated carbocycles. The zero-order valence-electron chi connectivity index (χ0n) is 12.8. The lowest BCUT2D eigenvalue weighted by molar-refractivity contribution is 0.627. The lowest BCUT2D eigenvalue weighted by Gasteiger charge is -2.05. The highest BCUT2D eigenvalue weighted by atomic mass is 19.1. The van der Waals surface area contributed by atoms with Crippen molar-refractivity contribution in [2.75, 3.05) is 0 Å². The van der Waals surface area contributed by atoms with Crippen LogP contribution in [0.5, 0.6) is 0 Å². The molecule has 24 heavy (non-hydrogen) atoms. The number of nitrogens with zero attached hydrogens (tertiary/aromatic N) is 3. The maximum atomic E-state index is 13.3. The van der Waals surface area contributed by atoms with Crippen LogP contribution >= 0.6 is 0 Å². The molecule has 0 amide bonds. The number of pyridine rings is 1. The molecule has 4 rings (SSSR count). The van der Waals surface area contributed by atoms with E-state index in [0.717, 1.165) is 28.2 Å². The summed E-state index contributed by atoms with van der Waals surface area (Å²) in [6.07, 6.45) is 5.48. The summed E-state index contributed by atoms with van der Waals surface area (Å²) in [5.41, 5.74) is 2.66. The number of rotatable bonds is 3. The fourth-order valence-corrected chi connectivity index (χ4v) is 2.66. The molecule has 2 aromatic heterocycles. The summed E-state index contributed by atoms with van der Waals surface area (Å²) >= 11 is 0. The minimum Gasteiger partial charge on any atom is -0.277 e. The van der Waals surface area contributed by atoms with E-state index in [-0.39, 0.29) is 5.82 Å². The predicted octanol–water partition coefficient (Wildman–Crippen LogP) is 4.73. The number of fused-ring (bicyclic) bond motifs is 1. The van der Waals surface area contributed by atoms with Gasteiger partial charge < -0.3 is 0 Å². The Bertz CT molecular complexity index is 1020. The zero-order chi connectivity index (χ0) is 16.4. The van der Waals surface area contributed by atoms with Gasteiger partial charge in [0, 0.05) is 6.20 Å². The molecule has 0 saturated heterocycles.